The highest BCUT2D eigenvalue weighted by Gasteiger charge is 2.22. The lowest BCUT2D eigenvalue weighted by Crippen LogP contribution is -2.21. The SMILES string of the molecule is CC(C)OC(=O)[C@@H]1C=C/C=C\[C@@H](C(=O)OC(C)C)CCC1. The molecule has 1 aliphatic carbocycles. The number of ether oxygens (including phenoxy) is 2. The van der Waals surface area contributed by atoms with E-state index in [1.807, 2.05) is 52.0 Å². The smallest absolute Gasteiger partial charge is 0.313 e. The molecular formula is C17H26O4. The minimum Gasteiger partial charge on any atom is -0.463 e. The van der Waals surface area contributed by atoms with Crippen molar-refractivity contribution in [3.63, 3.8) is 0 Å². The molecule has 0 unspecified atom stereocenters. The number of esters is 2. The summed E-state index contributed by atoms with van der Waals surface area (Å²) in [5.74, 6) is -0.871. The van der Waals surface area contributed by atoms with Gasteiger partial charge in [0.1, 0.15) is 0 Å². The van der Waals surface area contributed by atoms with Crippen LogP contribution in [0.2, 0.25) is 0 Å². The van der Waals surface area contributed by atoms with E-state index in [1.165, 1.54) is 0 Å². The Labute approximate surface area is 127 Å². The molecule has 118 valence electrons. The van der Waals surface area contributed by atoms with E-state index in [1.54, 1.807) is 0 Å². The van der Waals surface area contributed by atoms with Gasteiger partial charge in [0.15, 0.2) is 0 Å². The molecule has 0 N–H and O–H groups in total. The van der Waals surface area contributed by atoms with E-state index in [0.29, 0.717) is 12.8 Å². The normalized spacial score (nSPS) is 24.1. The number of carbonyl (C=O) groups excluding carboxylic acids is 2. The second kappa shape index (κ2) is 8.65. The zero-order valence-electron chi connectivity index (χ0n) is 13.4. The van der Waals surface area contributed by atoms with E-state index in [9.17, 15) is 9.59 Å². The number of hydrogen-bond donors (Lipinski definition) is 0. The Balaban J connectivity index is 2.61. The van der Waals surface area contributed by atoms with Crippen molar-refractivity contribution in [2.75, 3.05) is 0 Å². The molecule has 4 heteroatoms. The fourth-order valence-corrected chi connectivity index (χ4v) is 2.18. The van der Waals surface area contributed by atoms with Crippen molar-refractivity contribution in [1.29, 1.82) is 0 Å². The van der Waals surface area contributed by atoms with E-state index in [2.05, 4.69) is 0 Å². The van der Waals surface area contributed by atoms with Crippen LogP contribution in [-0.4, -0.2) is 24.1 Å². The average molecular weight is 294 g/mol. The van der Waals surface area contributed by atoms with Gasteiger partial charge >= 0.3 is 11.9 Å². The predicted molar refractivity (Wildman–Crippen MR) is 81.6 cm³/mol. The van der Waals surface area contributed by atoms with Crippen LogP contribution in [0.15, 0.2) is 24.3 Å². The number of allylic oxidation sites excluding steroid dienone is 2. The number of carbonyl (C=O) groups is 2. The van der Waals surface area contributed by atoms with Crippen LogP contribution in [0.4, 0.5) is 0 Å². The van der Waals surface area contributed by atoms with Crippen LogP contribution in [0, 0.1) is 11.8 Å². The van der Waals surface area contributed by atoms with Crippen LogP contribution >= 0.6 is 0 Å². The van der Waals surface area contributed by atoms with Gasteiger partial charge in [0, 0.05) is 0 Å². The molecule has 0 saturated carbocycles. The summed E-state index contributed by atoms with van der Waals surface area (Å²) in [6.07, 6.45) is 9.26. The van der Waals surface area contributed by atoms with Crippen LogP contribution in [-0.2, 0) is 19.1 Å². The highest BCUT2D eigenvalue weighted by molar-refractivity contribution is 5.75. The van der Waals surface area contributed by atoms with Crippen molar-refractivity contribution >= 4 is 11.9 Å². The van der Waals surface area contributed by atoms with Crippen molar-refractivity contribution in [3.05, 3.63) is 24.3 Å². The van der Waals surface area contributed by atoms with Crippen molar-refractivity contribution < 1.29 is 19.1 Å². The first-order valence-electron chi connectivity index (χ1n) is 7.66. The third kappa shape index (κ3) is 6.61. The van der Waals surface area contributed by atoms with Gasteiger partial charge in [0.25, 0.3) is 0 Å². The Hall–Kier alpha value is -1.58. The van der Waals surface area contributed by atoms with E-state index in [4.69, 9.17) is 9.47 Å². The second-order valence-corrected chi connectivity index (χ2v) is 5.88. The molecule has 4 nitrogen and oxygen atoms in total. The van der Waals surface area contributed by atoms with Gasteiger partial charge in [0.05, 0.1) is 24.0 Å². The molecule has 0 aromatic heterocycles. The zero-order valence-corrected chi connectivity index (χ0v) is 13.4. The second-order valence-electron chi connectivity index (χ2n) is 5.88. The molecule has 0 saturated heterocycles. The molecule has 0 fully saturated rings. The van der Waals surface area contributed by atoms with Gasteiger partial charge in [0.2, 0.25) is 0 Å². The Morgan fingerprint density at radius 3 is 1.57 bits per heavy atom. The summed E-state index contributed by atoms with van der Waals surface area (Å²) in [6, 6.07) is 0. The average Bonchev–Trinajstić information content (AvgIpc) is 2.48. The Morgan fingerprint density at radius 2 is 1.24 bits per heavy atom. The quantitative estimate of drug-likeness (QED) is 0.746. The maximum atomic E-state index is 12.0. The van der Waals surface area contributed by atoms with Gasteiger partial charge in [-0.2, -0.15) is 0 Å². The highest BCUT2D eigenvalue weighted by Crippen LogP contribution is 2.21. The van der Waals surface area contributed by atoms with Gasteiger partial charge in [-0.05, 0) is 40.5 Å². The van der Waals surface area contributed by atoms with Crippen LogP contribution in [0.5, 0.6) is 0 Å². The van der Waals surface area contributed by atoms with E-state index in [0.717, 1.165) is 6.42 Å². The van der Waals surface area contributed by atoms with Gasteiger partial charge < -0.3 is 9.47 Å². The van der Waals surface area contributed by atoms with Crippen LogP contribution in [0.3, 0.4) is 0 Å². The fraction of sp³-hybridized carbons (Fsp3) is 0.647. The van der Waals surface area contributed by atoms with Crippen molar-refractivity contribution in [3.8, 4) is 0 Å². The lowest BCUT2D eigenvalue weighted by Gasteiger charge is -2.16. The van der Waals surface area contributed by atoms with Crippen LogP contribution in [0.25, 0.3) is 0 Å². The molecule has 1 rings (SSSR count). The minimum absolute atomic E-state index is 0.108. The Bertz CT molecular complexity index is 369. The van der Waals surface area contributed by atoms with Crippen molar-refractivity contribution in [2.45, 2.75) is 59.2 Å². The van der Waals surface area contributed by atoms with E-state index >= 15 is 0 Å². The monoisotopic (exact) mass is 294 g/mol. The summed E-state index contributed by atoms with van der Waals surface area (Å²) in [7, 11) is 0. The summed E-state index contributed by atoms with van der Waals surface area (Å²) in [5, 5.41) is 0. The third-order valence-electron chi connectivity index (χ3n) is 3.14. The van der Waals surface area contributed by atoms with Gasteiger partial charge in [-0.15, -0.1) is 0 Å². The zero-order chi connectivity index (χ0) is 15.8. The largest absolute Gasteiger partial charge is 0.463 e. The summed E-state index contributed by atoms with van der Waals surface area (Å²) >= 11 is 0. The molecule has 0 radical (unpaired) electrons. The maximum Gasteiger partial charge on any atom is 0.313 e. The van der Waals surface area contributed by atoms with Gasteiger partial charge in [-0.1, -0.05) is 30.7 Å². The maximum absolute atomic E-state index is 12.0. The predicted octanol–water partition coefficient (Wildman–Crippen LogP) is 3.42. The Kier molecular flexibility index (Phi) is 7.20. The number of hydrogen-bond acceptors (Lipinski definition) is 4. The summed E-state index contributed by atoms with van der Waals surface area (Å²) in [6.45, 7) is 7.37. The molecule has 0 spiro atoms. The molecule has 0 aliphatic heterocycles. The topological polar surface area (TPSA) is 52.6 Å². The molecule has 2 atom stereocenters. The molecule has 21 heavy (non-hydrogen) atoms. The first-order chi connectivity index (χ1) is 9.90. The summed E-state index contributed by atoms with van der Waals surface area (Å²) in [4.78, 5) is 23.9. The molecule has 1 aliphatic rings. The molecular weight excluding hydrogens is 268 g/mol. The third-order valence-corrected chi connectivity index (χ3v) is 3.14. The Morgan fingerprint density at radius 1 is 0.857 bits per heavy atom. The van der Waals surface area contributed by atoms with Crippen molar-refractivity contribution in [1.82, 2.24) is 0 Å². The molecule has 0 bridgehead atoms. The van der Waals surface area contributed by atoms with Gasteiger partial charge in [-0.25, -0.2) is 0 Å². The van der Waals surface area contributed by atoms with E-state index < -0.39 is 0 Å². The molecule has 0 aromatic carbocycles. The van der Waals surface area contributed by atoms with Crippen LogP contribution in [0.1, 0.15) is 47.0 Å². The van der Waals surface area contributed by atoms with Gasteiger partial charge in [-0.3, -0.25) is 9.59 Å². The lowest BCUT2D eigenvalue weighted by atomic mass is 9.97. The summed E-state index contributed by atoms with van der Waals surface area (Å²) in [5.41, 5.74) is 0. The van der Waals surface area contributed by atoms with Crippen molar-refractivity contribution in [2.24, 2.45) is 11.8 Å². The summed E-state index contributed by atoms with van der Waals surface area (Å²) < 4.78 is 10.5. The minimum atomic E-state index is -0.239. The molecule has 0 amide bonds. The first kappa shape index (κ1) is 17.5. The van der Waals surface area contributed by atoms with Crippen LogP contribution < -0.4 is 0 Å². The standard InChI is InChI=1S/C17H26O4/c1-12(2)20-16(18)14-8-5-6-9-15(11-7-10-14)17(19)21-13(3)4/h5-6,8-9,12-15H,7,10-11H2,1-4H3/b8-5-,9-6?/t14-,15-/m1/s1. The van der Waals surface area contributed by atoms with E-state index in [-0.39, 0.29) is 36.0 Å². The highest BCUT2D eigenvalue weighted by atomic mass is 16.5. The first-order valence-corrected chi connectivity index (χ1v) is 7.66. The lowest BCUT2D eigenvalue weighted by molar-refractivity contribution is -0.151. The molecule has 0 aromatic rings. The fourth-order valence-electron chi connectivity index (χ4n) is 2.18. The molecule has 0 heterocycles. The number of rotatable bonds is 4.